The summed E-state index contributed by atoms with van der Waals surface area (Å²) < 4.78 is 0. The Hall–Kier alpha value is -0.890. The predicted octanol–water partition coefficient (Wildman–Crippen LogP) is 2.89. The van der Waals surface area contributed by atoms with E-state index < -0.39 is 0 Å². The zero-order valence-electron chi connectivity index (χ0n) is 10.7. The van der Waals surface area contributed by atoms with Gasteiger partial charge in [0.25, 0.3) is 0 Å². The summed E-state index contributed by atoms with van der Waals surface area (Å²) in [4.78, 5) is 4.67. The molecule has 0 saturated heterocycles. The number of hydrogen-bond donors (Lipinski definition) is 1. The molecule has 1 fully saturated rings. The Morgan fingerprint density at radius 3 is 2.88 bits per heavy atom. The fourth-order valence-corrected chi connectivity index (χ4v) is 3.56. The van der Waals surface area contributed by atoms with Crippen LogP contribution in [0, 0.1) is 5.92 Å². The van der Waals surface area contributed by atoms with Gasteiger partial charge in [0.05, 0.1) is 0 Å². The van der Waals surface area contributed by atoms with Crippen LogP contribution in [0.2, 0.25) is 0 Å². The van der Waals surface area contributed by atoms with E-state index in [1.54, 1.807) is 0 Å². The standard InChI is InChI=1S/C15H22N2/c1-16-14(11-5-2-6-11)13-9-3-7-12-8-4-10-17-15(12)13/h4,8,10-11,13-14,16H,2-3,5-7,9H2,1H3. The first-order valence-corrected chi connectivity index (χ1v) is 7.01. The Morgan fingerprint density at radius 2 is 2.18 bits per heavy atom. The minimum Gasteiger partial charge on any atom is -0.316 e. The molecular formula is C15H22N2. The minimum atomic E-state index is 0.648. The lowest BCUT2D eigenvalue weighted by molar-refractivity contribution is 0.200. The Labute approximate surface area is 104 Å². The fraction of sp³-hybridized carbons (Fsp3) is 0.667. The van der Waals surface area contributed by atoms with E-state index in [-0.39, 0.29) is 0 Å². The molecule has 2 aliphatic carbocycles. The number of rotatable bonds is 3. The Morgan fingerprint density at radius 1 is 1.29 bits per heavy atom. The lowest BCUT2D eigenvalue weighted by atomic mass is 9.70. The lowest BCUT2D eigenvalue weighted by Gasteiger charge is -2.40. The monoisotopic (exact) mass is 230 g/mol. The number of pyridine rings is 1. The molecule has 2 heteroatoms. The van der Waals surface area contributed by atoms with Gasteiger partial charge < -0.3 is 5.32 Å². The quantitative estimate of drug-likeness (QED) is 0.863. The molecule has 1 aromatic rings. The highest BCUT2D eigenvalue weighted by atomic mass is 14.9. The van der Waals surface area contributed by atoms with Crippen LogP contribution in [0.4, 0.5) is 0 Å². The summed E-state index contributed by atoms with van der Waals surface area (Å²) in [5.41, 5.74) is 2.87. The summed E-state index contributed by atoms with van der Waals surface area (Å²) in [6, 6.07) is 5.00. The molecule has 2 unspecified atom stereocenters. The third-order valence-electron chi connectivity index (χ3n) is 4.66. The van der Waals surface area contributed by atoms with Crippen molar-refractivity contribution in [1.82, 2.24) is 10.3 Å². The molecule has 1 heterocycles. The van der Waals surface area contributed by atoms with Crippen LogP contribution in [0.3, 0.4) is 0 Å². The minimum absolute atomic E-state index is 0.648. The third-order valence-corrected chi connectivity index (χ3v) is 4.66. The van der Waals surface area contributed by atoms with Crippen molar-refractivity contribution in [2.24, 2.45) is 5.92 Å². The second-order valence-corrected chi connectivity index (χ2v) is 5.55. The predicted molar refractivity (Wildman–Crippen MR) is 70.1 cm³/mol. The van der Waals surface area contributed by atoms with Crippen LogP contribution in [-0.2, 0) is 6.42 Å². The van der Waals surface area contributed by atoms with E-state index in [1.807, 2.05) is 6.20 Å². The molecule has 0 spiro atoms. The van der Waals surface area contributed by atoms with Crippen molar-refractivity contribution in [3.8, 4) is 0 Å². The van der Waals surface area contributed by atoms with Gasteiger partial charge in [0, 0.05) is 23.9 Å². The number of hydrogen-bond acceptors (Lipinski definition) is 2. The zero-order chi connectivity index (χ0) is 11.7. The van der Waals surface area contributed by atoms with Crippen molar-refractivity contribution in [2.75, 3.05) is 7.05 Å². The molecular weight excluding hydrogens is 208 g/mol. The van der Waals surface area contributed by atoms with Crippen LogP contribution in [0.1, 0.15) is 49.3 Å². The van der Waals surface area contributed by atoms with Gasteiger partial charge in [0.15, 0.2) is 0 Å². The van der Waals surface area contributed by atoms with Crippen molar-refractivity contribution in [1.29, 1.82) is 0 Å². The first-order chi connectivity index (χ1) is 8.40. The average Bonchev–Trinajstić information content (AvgIpc) is 2.33. The van der Waals surface area contributed by atoms with E-state index in [2.05, 4.69) is 29.5 Å². The van der Waals surface area contributed by atoms with Gasteiger partial charge in [-0.05, 0) is 56.7 Å². The molecule has 2 nitrogen and oxygen atoms in total. The molecule has 1 aromatic heterocycles. The van der Waals surface area contributed by atoms with Crippen molar-refractivity contribution in [3.63, 3.8) is 0 Å². The summed E-state index contributed by atoms with van der Waals surface area (Å²) in [7, 11) is 2.13. The zero-order valence-corrected chi connectivity index (χ0v) is 10.7. The highest BCUT2D eigenvalue weighted by molar-refractivity contribution is 5.27. The Bertz CT molecular complexity index is 384. The van der Waals surface area contributed by atoms with Gasteiger partial charge in [-0.3, -0.25) is 4.98 Å². The van der Waals surface area contributed by atoms with Gasteiger partial charge >= 0.3 is 0 Å². The van der Waals surface area contributed by atoms with E-state index in [9.17, 15) is 0 Å². The van der Waals surface area contributed by atoms with Gasteiger partial charge in [-0.1, -0.05) is 12.5 Å². The largest absolute Gasteiger partial charge is 0.316 e. The number of aromatic nitrogens is 1. The first kappa shape index (κ1) is 11.2. The molecule has 3 rings (SSSR count). The number of nitrogens with zero attached hydrogens (tertiary/aromatic N) is 1. The molecule has 0 aromatic carbocycles. The molecule has 0 amide bonds. The van der Waals surface area contributed by atoms with Gasteiger partial charge in [-0.25, -0.2) is 0 Å². The van der Waals surface area contributed by atoms with Crippen LogP contribution < -0.4 is 5.32 Å². The van der Waals surface area contributed by atoms with Crippen LogP contribution >= 0.6 is 0 Å². The van der Waals surface area contributed by atoms with Gasteiger partial charge in [0.2, 0.25) is 0 Å². The summed E-state index contributed by atoms with van der Waals surface area (Å²) in [6.07, 6.45) is 10.1. The topological polar surface area (TPSA) is 24.9 Å². The second kappa shape index (κ2) is 4.77. The second-order valence-electron chi connectivity index (χ2n) is 5.55. The molecule has 2 aliphatic rings. The van der Waals surface area contributed by atoms with Gasteiger partial charge in [0.1, 0.15) is 0 Å². The Balaban J connectivity index is 1.87. The number of nitrogens with one attached hydrogen (secondary N) is 1. The summed E-state index contributed by atoms with van der Waals surface area (Å²) in [6.45, 7) is 0. The van der Waals surface area contributed by atoms with E-state index in [0.29, 0.717) is 12.0 Å². The van der Waals surface area contributed by atoms with E-state index in [1.165, 1.54) is 49.8 Å². The van der Waals surface area contributed by atoms with E-state index >= 15 is 0 Å². The number of aryl methyl sites for hydroxylation is 1. The number of likely N-dealkylation sites (N-methyl/N-ethyl adjacent to an activating group) is 1. The Kier molecular flexibility index (Phi) is 3.15. The first-order valence-electron chi connectivity index (χ1n) is 7.01. The molecule has 92 valence electrons. The van der Waals surface area contributed by atoms with E-state index in [4.69, 9.17) is 0 Å². The van der Waals surface area contributed by atoms with Crippen molar-refractivity contribution >= 4 is 0 Å². The van der Waals surface area contributed by atoms with Gasteiger partial charge in [-0.2, -0.15) is 0 Å². The molecule has 1 saturated carbocycles. The molecule has 17 heavy (non-hydrogen) atoms. The molecule has 2 atom stereocenters. The van der Waals surface area contributed by atoms with Crippen LogP contribution in [0.15, 0.2) is 18.3 Å². The average molecular weight is 230 g/mol. The van der Waals surface area contributed by atoms with Crippen molar-refractivity contribution < 1.29 is 0 Å². The summed E-state index contributed by atoms with van der Waals surface area (Å²) in [5.74, 6) is 1.54. The molecule has 0 radical (unpaired) electrons. The van der Waals surface area contributed by atoms with E-state index in [0.717, 1.165) is 5.92 Å². The molecule has 1 N–H and O–H groups in total. The normalized spacial score (nSPS) is 26.1. The smallest absolute Gasteiger partial charge is 0.0482 e. The van der Waals surface area contributed by atoms with Crippen LogP contribution in [-0.4, -0.2) is 18.1 Å². The van der Waals surface area contributed by atoms with Crippen LogP contribution in [0.25, 0.3) is 0 Å². The number of fused-ring (bicyclic) bond motifs is 1. The van der Waals surface area contributed by atoms with Crippen molar-refractivity contribution in [3.05, 3.63) is 29.6 Å². The van der Waals surface area contributed by atoms with Gasteiger partial charge in [-0.15, -0.1) is 0 Å². The highest BCUT2D eigenvalue weighted by Crippen LogP contribution is 2.40. The molecule has 0 bridgehead atoms. The van der Waals surface area contributed by atoms with Crippen molar-refractivity contribution in [2.45, 2.75) is 50.5 Å². The van der Waals surface area contributed by atoms with Crippen LogP contribution in [0.5, 0.6) is 0 Å². The summed E-state index contributed by atoms with van der Waals surface area (Å²) in [5, 5.41) is 3.57. The fourth-order valence-electron chi connectivity index (χ4n) is 3.56. The maximum absolute atomic E-state index is 4.67. The third kappa shape index (κ3) is 1.99. The maximum atomic E-state index is 4.67. The highest BCUT2D eigenvalue weighted by Gasteiger charge is 2.35. The summed E-state index contributed by atoms with van der Waals surface area (Å²) >= 11 is 0. The maximum Gasteiger partial charge on any atom is 0.0482 e. The molecule has 0 aliphatic heterocycles. The lowest BCUT2D eigenvalue weighted by Crippen LogP contribution is -2.43. The SMILES string of the molecule is CNC(C1CCC1)C1CCCc2cccnc21.